The Morgan fingerprint density at radius 1 is 1.37 bits per heavy atom. The summed E-state index contributed by atoms with van der Waals surface area (Å²) < 4.78 is 5.87. The van der Waals surface area contributed by atoms with Gasteiger partial charge >= 0.3 is 6.03 Å². The molecular weight excluding hydrogens is 461 g/mol. The van der Waals surface area contributed by atoms with Gasteiger partial charge in [0, 0.05) is 19.6 Å². The van der Waals surface area contributed by atoms with E-state index in [0.717, 1.165) is 11.3 Å². The molecule has 9 heteroatoms. The lowest BCUT2D eigenvalue weighted by Crippen LogP contribution is -2.43. The molecule has 1 saturated heterocycles. The first-order valence-electron chi connectivity index (χ1n) is 8.83. The molecule has 3 N–H and O–H groups in total. The van der Waals surface area contributed by atoms with Crippen LogP contribution in [0.5, 0.6) is 5.75 Å². The summed E-state index contributed by atoms with van der Waals surface area (Å²) in [6.45, 7) is 7.94. The van der Waals surface area contributed by atoms with Gasteiger partial charge in [0.1, 0.15) is 11.9 Å². The number of aliphatic imine (C=N–C) groups is 1. The van der Waals surface area contributed by atoms with E-state index in [1.54, 1.807) is 0 Å². The van der Waals surface area contributed by atoms with Crippen molar-refractivity contribution >= 4 is 41.9 Å². The lowest BCUT2D eigenvalue weighted by molar-refractivity contribution is -0.124. The van der Waals surface area contributed by atoms with Crippen molar-refractivity contribution in [1.82, 2.24) is 20.9 Å². The molecule has 0 saturated carbocycles. The largest absolute Gasteiger partial charge is 0.489 e. The molecule has 1 heterocycles. The molecule has 1 aromatic carbocycles. The van der Waals surface area contributed by atoms with Gasteiger partial charge in [0.05, 0.1) is 13.1 Å². The Morgan fingerprint density at radius 3 is 2.78 bits per heavy atom. The maximum Gasteiger partial charge on any atom is 0.324 e. The number of imide groups is 1. The number of halogens is 1. The number of carbonyl (C=O) groups excluding carboxylic acids is 2. The second kappa shape index (κ2) is 11.6. The SMILES string of the molecule is CCNC(=NCC(C)Oc1cccc(C)c1)NCCN1C(=O)CNC1=O.I. The first-order chi connectivity index (χ1) is 12.5. The minimum absolute atomic E-state index is 0. The van der Waals surface area contributed by atoms with E-state index in [4.69, 9.17) is 4.74 Å². The van der Waals surface area contributed by atoms with Gasteiger partial charge in [0.15, 0.2) is 5.96 Å². The molecule has 2 rings (SSSR count). The van der Waals surface area contributed by atoms with Crippen molar-refractivity contribution in [2.24, 2.45) is 4.99 Å². The summed E-state index contributed by atoms with van der Waals surface area (Å²) in [4.78, 5) is 28.7. The first kappa shape index (κ1) is 23.0. The van der Waals surface area contributed by atoms with Crippen molar-refractivity contribution in [3.63, 3.8) is 0 Å². The average molecular weight is 489 g/mol. The molecule has 8 nitrogen and oxygen atoms in total. The maximum atomic E-state index is 11.6. The normalized spacial score (nSPS) is 15.1. The average Bonchev–Trinajstić information content (AvgIpc) is 2.91. The molecule has 0 spiro atoms. The lowest BCUT2D eigenvalue weighted by atomic mass is 10.2. The van der Waals surface area contributed by atoms with Crippen molar-refractivity contribution in [1.29, 1.82) is 0 Å². The summed E-state index contributed by atoms with van der Waals surface area (Å²) in [6.07, 6.45) is -0.0850. The summed E-state index contributed by atoms with van der Waals surface area (Å²) in [7, 11) is 0. The minimum atomic E-state index is -0.348. The van der Waals surface area contributed by atoms with E-state index >= 15 is 0 Å². The third kappa shape index (κ3) is 7.61. The fourth-order valence-electron chi connectivity index (χ4n) is 2.49. The Hall–Kier alpha value is -2.04. The molecular formula is C18H28IN5O3. The number of benzene rings is 1. The summed E-state index contributed by atoms with van der Waals surface area (Å²) in [5, 5.41) is 8.76. The van der Waals surface area contributed by atoms with Crippen molar-refractivity contribution in [2.45, 2.75) is 26.9 Å². The third-order valence-electron chi connectivity index (χ3n) is 3.74. The maximum absolute atomic E-state index is 11.6. The fraction of sp³-hybridized carbons (Fsp3) is 0.500. The number of amides is 3. The number of guanidine groups is 1. The van der Waals surface area contributed by atoms with Crippen LogP contribution in [0.4, 0.5) is 4.79 Å². The van der Waals surface area contributed by atoms with E-state index in [2.05, 4.69) is 20.9 Å². The highest BCUT2D eigenvalue weighted by molar-refractivity contribution is 14.0. The number of hydrogen-bond acceptors (Lipinski definition) is 4. The second-order valence-corrected chi connectivity index (χ2v) is 6.10. The van der Waals surface area contributed by atoms with Crippen LogP contribution in [0, 0.1) is 6.92 Å². The molecule has 1 fully saturated rings. The Kier molecular flexibility index (Phi) is 9.90. The quantitative estimate of drug-likeness (QED) is 0.223. The van der Waals surface area contributed by atoms with Gasteiger partial charge in [0.2, 0.25) is 5.91 Å². The van der Waals surface area contributed by atoms with E-state index in [1.165, 1.54) is 4.90 Å². The van der Waals surface area contributed by atoms with Crippen LogP contribution in [0.25, 0.3) is 0 Å². The molecule has 0 aromatic heterocycles. The Morgan fingerprint density at radius 2 is 2.15 bits per heavy atom. The zero-order chi connectivity index (χ0) is 18.9. The monoisotopic (exact) mass is 489 g/mol. The number of nitrogens with one attached hydrogen (secondary N) is 3. The predicted octanol–water partition coefficient (Wildman–Crippen LogP) is 1.49. The van der Waals surface area contributed by atoms with Gasteiger partial charge in [-0.2, -0.15) is 0 Å². The van der Waals surface area contributed by atoms with Gasteiger partial charge in [0.25, 0.3) is 0 Å². The van der Waals surface area contributed by atoms with E-state index in [0.29, 0.717) is 32.1 Å². The third-order valence-corrected chi connectivity index (χ3v) is 3.74. The predicted molar refractivity (Wildman–Crippen MR) is 116 cm³/mol. The molecule has 1 atom stereocenters. The summed E-state index contributed by atoms with van der Waals surface area (Å²) >= 11 is 0. The van der Waals surface area contributed by atoms with Crippen LogP contribution in [0.15, 0.2) is 29.3 Å². The number of nitrogens with zero attached hydrogens (tertiary/aromatic N) is 2. The van der Waals surface area contributed by atoms with Crippen LogP contribution < -0.4 is 20.7 Å². The van der Waals surface area contributed by atoms with Crippen molar-refractivity contribution in [3.8, 4) is 5.75 Å². The van der Waals surface area contributed by atoms with E-state index < -0.39 is 0 Å². The topological polar surface area (TPSA) is 95.1 Å². The van der Waals surface area contributed by atoms with Crippen molar-refractivity contribution in [2.75, 3.05) is 32.7 Å². The second-order valence-electron chi connectivity index (χ2n) is 6.10. The van der Waals surface area contributed by atoms with Gasteiger partial charge in [-0.25, -0.2) is 9.79 Å². The minimum Gasteiger partial charge on any atom is -0.489 e. The molecule has 0 aliphatic carbocycles. The van der Waals surface area contributed by atoms with Crippen LogP contribution in [0.3, 0.4) is 0 Å². The number of hydrogen-bond donors (Lipinski definition) is 3. The zero-order valence-electron chi connectivity index (χ0n) is 15.9. The van der Waals surface area contributed by atoms with Crippen LogP contribution >= 0.6 is 24.0 Å². The first-order valence-corrected chi connectivity index (χ1v) is 8.83. The molecule has 1 aliphatic rings. The van der Waals surface area contributed by atoms with Crippen LogP contribution in [0.1, 0.15) is 19.4 Å². The Balaban J connectivity index is 0.00000364. The Labute approximate surface area is 177 Å². The van der Waals surface area contributed by atoms with E-state index in [-0.39, 0.29) is 48.6 Å². The highest BCUT2D eigenvalue weighted by Crippen LogP contribution is 2.14. The van der Waals surface area contributed by atoms with Crippen molar-refractivity contribution in [3.05, 3.63) is 29.8 Å². The molecule has 1 unspecified atom stereocenters. The lowest BCUT2D eigenvalue weighted by Gasteiger charge is -2.17. The van der Waals surface area contributed by atoms with Crippen LogP contribution in [-0.2, 0) is 4.79 Å². The van der Waals surface area contributed by atoms with Gasteiger partial charge in [-0.1, -0.05) is 12.1 Å². The highest BCUT2D eigenvalue weighted by atomic mass is 127. The van der Waals surface area contributed by atoms with E-state index in [1.807, 2.05) is 45.0 Å². The number of urea groups is 1. The molecule has 1 aromatic rings. The smallest absolute Gasteiger partial charge is 0.324 e. The summed E-state index contributed by atoms with van der Waals surface area (Å²) in [5.74, 6) is 1.24. The molecule has 27 heavy (non-hydrogen) atoms. The van der Waals surface area contributed by atoms with Gasteiger partial charge in [-0.3, -0.25) is 9.69 Å². The van der Waals surface area contributed by atoms with Gasteiger partial charge in [-0.05, 0) is 38.5 Å². The molecule has 150 valence electrons. The standard InChI is InChI=1S/C18H27N5O3.HI/c1-4-19-17(20-8-9-23-16(24)12-22-18(23)25)21-11-14(3)26-15-7-5-6-13(2)10-15;/h5-7,10,14H,4,8-9,11-12H2,1-3H3,(H,22,25)(H2,19,20,21);1H. The highest BCUT2D eigenvalue weighted by Gasteiger charge is 2.27. The summed E-state index contributed by atoms with van der Waals surface area (Å²) in [5.41, 5.74) is 1.15. The summed E-state index contributed by atoms with van der Waals surface area (Å²) in [6, 6.07) is 7.55. The van der Waals surface area contributed by atoms with Crippen molar-refractivity contribution < 1.29 is 14.3 Å². The molecule has 3 amide bonds. The fourth-order valence-corrected chi connectivity index (χ4v) is 2.49. The van der Waals surface area contributed by atoms with Crippen LogP contribution in [0.2, 0.25) is 0 Å². The number of aryl methyl sites for hydroxylation is 1. The van der Waals surface area contributed by atoms with Gasteiger partial charge in [-0.15, -0.1) is 24.0 Å². The number of carbonyl (C=O) groups is 2. The van der Waals surface area contributed by atoms with Gasteiger partial charge < -0.3 is 20.7 Å². The molecule has 1 aliphatic heterocycles. The zero-order valence-corrected chi connectivity index (χ0v) is 18.3. The Bertz CT molecular complexity index is 652. The number of rotatable bonds is 8. The number of ether oxygens (including phenoxy) is 1. The molecule has 0 radical (unpaired) electrons. The molecule has 0 bridgehead atoms. The van der Waals surface area contributed by atoms with Crippen LogP contribution in [-0.4, -0.2) is 61.6 Å². The van der Waals surface area contributed by atoms with E-state index in [9.17, 15) is 9.59 Å².